The summed E-state index contributed by atoms with van der Waals surface area (Å²) in [5.74, 6) is 2.52. The van der Waals surface area contributed by atoms with Gasteiger partial charge in [0, 0.05) is 18.8 Å². The minimum Gasteiger partial charge on any atom is -0.243 e. The number of hydrogen-bond donors (Lipinski definition) is 0. The molecule has 1 aliphatic heterocycles. The molecule has 0 amide bonds. The van der Waals surface area contributed by atoms with E-state index in [-0.39, 0.29) is 0 Å². The molecule has 2 nitrogen and oxygen atoms in total. The van der Waals surface area contributed by atoms with Crippen molar-refractivity contribution in [3.63, 3.8) is 0 Å². The molecule has 0 radical (unpaired) electrons. The van der Waals surface area contributed by atoms with Crippen LogP contribution in [-0.4, -0.2) is 27.4 Å². The molecule has 0 aromatic rings. The fraction of sp³-hybridized carbons (Fsp3) is 1.00. The van der Waals surface area contributed by atoms with Gasteiger partial charge < -0.3 is 0 Å². The van der Waals surface area contributed by atoms with E-state index in [0.29, 0.717) is 0 Å². The molecule has 1 saturated heterocycles. The Morgan fingerprint density at radius 3 is 2.23 bits per heavy atom. The third-order valence-corrected chi connectivity index (χ3v) is 4.85. The maximum atomic E-state index is 11.6. The topological polar surface area (TPSA) is 20.3 Å². The summed E-state index contributed by atoms with van der Waals surface area (Å²) in [7, 11) is -0.686. The number of rotatable bonds is 2. The van der Waals surface area contributed by atoms with Crippen molar-refractivity contribution in [2.75, 3.05) is 18.8 Å². The zero-order valence-electron chi connectivity index (χ0n) is 8.37. The first kappa shape index (κ1) is 9.66. The Labute approximate surface area is 83.3 Å². The highest BCUT2D eigenvalue weighted by Gasteiger charge is 2.35. The van der Waals surface area contributed by atoms with Gasteiger partial charge in [-0.15, -0.1) is 0 Å². The monoisotopic (exact) mass is 201 g/mol. The largest absolute Gasteiger partial charge is 0.243 e. The van der Waals surface area contributed by atoms with E-state index in [1.807, 2.05) is 6.92 Å². The maximum Gasteiger partial charge on any atom is 0.0939 e. The Kier molecular flexibility index (Phi) is 3.04. The van der Waals surface area contributed by atoms with E-state index >= 15 is 0 Å². The average Bonchev–Trinajstić information content (AvgIpc) is 2.59. The van der Waals surface area contributed by atoms with Crippen molar-refractivity contribution >= 4 is 11.0 Å². The van der Waals surface area contributed by atoms with Gasteiger partial charge >= 0.3 is 0 Å². The predicted octanol–water partition coefficient (Wildman–Crippen LogP) is 1.79. The molecule has 0 aromatic heterocycles. The maximum absolute atomic E-state index is 11.6. The highest BCUT2D eigenvalue weighted by atomic mass is 32.2. The molecule has 1 heterocycles. The van der Waals surface area contributed by atoms with Crippen LogP contribution in [0, 0.1) is 11.8 Å². The fourth-order valence-corrected chi connectivity index (χ4v) is 3.79. The molecule has 76 valence electrons. The molecular formula is C10H19NOS. The molecule has 1 saturated carbocycles. The summed E-state index contributed by atoms with van der Waals surface area (Å²) >= 11 is 0. The van der Waals surface area contributed by atoms with Crippen LogP contribution in [0.15, 0.2) is 0 Å². The SMILES string of the molecule is CCS(=O)N1C[C@H]2CCCC[C@H]2C1. The zero-order valence-corrected chi connectivity index (χ0v) is 9.18. The molecule has 1 aliphatic carbocycles. The highest BCUT2D eigenvalue weighted by molar-refractivity contribution is 7.82. The molecule has 2 fully saturated rings. The second-order valence-electron chi connectivity index (χ2n) is 4.26. The highest BCUT2D eigenvalue weighted by Crippen LogP contribution is 2.36. The van der Waals surface area contributed by atoms with Crippen molar-refractivity contribution in [3.05, 3.63) is 0 Å². The molecule has 0 N–H and O–H groups in total. The van der Waals surface area contributed by atoms with E-state index in [4.69, 9.17) is 0 Å². The first-order chi connectivity index (χ1) is 6.31. The summed E-state index contributed by atoms with van der Waals surface area (Å²) in [6, 6.07) is 0. The lowest BCUT2D eigenvalue weighted by Crippen LogP contribution is -2.24. The summed E-state index contributed by atoms with van der Waals surface area (Å²) in [4.78, 5) is 0. The van der Waals surface area contributed by atoms with Gasteiger partial charge in [-0.2, -0.15) is 0 Å². The quantitative estimate of drug-likeness (QED) is 0.667. The summed E-state index contributed by atoms with van der Waals surface area (Å²) in [5.41, 5.74) is 0. The minimum absolute atomic E-state index is 0.686. The van der Waals surface area contributed by atoms with E-state index in [1.54, 1.807) is 0 Å². The third-order valence-electron chi connectivity index (χ3n) is 3.48. The molecule has 0 spiro atoms. The summed E-state index contributed by atoms with van der Waals surface area (Å²) in [6.45, 7) is 4.22. The molecule has 3 heteroatoms. The lowest BCUT2D eigenvalue weighted by Gasteiger charge is -2.22. The fourth-order valence-electron chi connectivity index (χ4n) is 2.71. The molecule has 2 aliphatic rings. The van der Waals surface area contributed by atoms with Gasteiger partial charge in [-0.05, 0) is 24.7 Å². The molecule has 13 heavy (non-hydrogen) atoms. The summed E-state index contributed by atoms with van der Waals surface area (Å²) < 4.78 is 13.8. The molecule has 2 rings (SSSR count). The molecular weight excluding hydrogens is 182 g/mol. The van der Waals surface area contributed by atoms with Gasteiger partial charge in [0.2, 0.25) is 0 Å². The van der Waals surface area contributed by atoms with Gasteiger partial charge in [0.05, 0.1) is 11.0 Å². The van der Waals surface area contributed by atoms with E-state index in [2.05, 4.69) is 4.31 Å². The molecule has 0 aromatic carbocycles. The van der Waals surface area contributed by atoms with Crippen molar-refractivity contribution in [2.24, 2.45) is 11.8 Å². The van der Waals surface area contributed by atoms with Crippen molar-refractivity contribution < 1.29 is 4.21 Å². The lowest BCUT2D eigenvalue weighted by molar-refractivity contribution is 0.299. The third kappa shape index (κ3) is 1.96. The first-order valence-electron chi connectivity index (χ1n) is 5.44. The van der Waals surface area contributed by atoms with Crippen LogP contribution in [0.2, 0.25) is 0 Å². The van der Waals surface area contributed by atoms with Gasteiger partial charge in [-0.3, -0.25) is 0 Å². The molecule has 1 unspecified atom stereocenters. The second kappa shape index (κ2) is 4.09. The number of nitrogens with zero attached hydrogens (tertiary/aromatic N) is 1. The Morgan fingerprint density at radius 1 is 1.23 bits per heavy atom. The second-order valence-corrected chi connectivity index (χ2v) is 6.00. The van der Waals surface area contributed by atoms with E-state index in [1.165, 1.54) is 25.7 Å². The van der Waals surface area contributed by atoms with Crippen LogP contribution >= 0.6 is 0 Å². The van der Waals surface area contributed by atoms with Gasteiger partial charge in [0.25, 0.3) is 0 Å². The van der Waals surface area contributed by atoms with Crippen molar-refractivity contribution in [1.82, 2.24) is 4.31 Å². The predicted molar refractivity (Wildman–Crippen MR) is 55.7 cm³/mol. The summed E-state index contributed by atoms with van der Waals surface area (Å²) in [6.07, 6.45) is 5.55. The Morgan fingerprint density at radius 2 is 1.77 bits per heavy atom. The molecule has 3 atom stereocenters. The van der Waals surface area contributed by atoms with Crippen LogP contribution in [0.4, 0.5) is 0 Å². The van der Waals surface area contributed by atoms with E-state index in [0.717, 1.165) is 30.7 Å². The minimum atomic E-state index is -0.686. The zero-order chi connectivity index (χ0) is 9.26. The normalized spacial score (nSPS) is 37.3. The average molecular weight is 201 g/mol. The lowest BCUT2D eigenvalue weighted by atomic mass is 9.82. The van der Waals surface area contributed by atoms with Crippen molar-refractivity contribution in [1.29, 1.82) is 0 Å². The summed E-state index contributed by atoms with van der Waals surface area (Å²) in [5, 5.41) is 0. The van der Waals surface area contributed by atoms with Crippen LogP contribution in [0.25, 0.3) is 0 Å². The van der Waals surface area contributed by atoms with Gasteiger partial charge in [0.15, 0.2) is 0 Å². The Bertz CT molecular complexity index is 193. The van der Waals surface area contributed by atoms with Crippen LogP contribution in [0.1, 0.15) is 32.6 Å². The number of fused-ring (bicyclic) bond motifs is 1. The van der Waals surface area contributed by atoms with E-state index in [9.17, 15) is 4.21 Å². The standard InChI is InChI=1S/C10H19NOS/c1-2-13(12)11-7-9-5-3-4-6-10(9)8-11/h9-10H,2-8H2,1H3/t9-,10+,13?. The van der Waals surface area contributed by atoms with Crippen LogP contribution < -0.4 is 0 Å². The van der Waals surface area contributed by atoms with E-state index < -0.39 is 11.0 Å². The molecule has 0 bridgehead atoms. The smallest absolute Gasteiger partial charge is 0.0939 e. The number of hydrogen-bond acceptors (Lipinski definition) is 1. The van der Waals surface area contributed by atoms with Gasteiger partial charge in [0.1, 0.15) is 0 Å². The van der Waals surface area contributed by atoms with Crippen molar-refractivity contribution in [3.8, 4) is 0 Å². The van der Waals surface area contributed by atoms with Gasteiger partial charge in [-0.1, -0.05) is 19.8 Å². The first-order valence-corrected chi connectivity index (χ1v) is 6.72. The van der Waals surface area contributed by atoms with Crippen molar-refractivity contribution in [2.45, 2.75) is 32.6 Å². The van der Waals surface area contributed by atoms with Crippen LogP contribution in [-0.2, 0) is 11.0 Å². The van der Waals surface area contributed by atoms with Crippen LogP contribution in [0.3, 0.4) is 0 Å². The Balaban J connectivity index is 1.94. The Hall–Kier alpha value is 0.110. The van der Waals surface area contributed by atoms with Gasteiger partial charge in [-0.25, -0.2) is 8.51 Å². The van der Waals surface area contributed by atoms with Crippen LogP contribution in [0.5, 0.6) is 0 Å².